The van der Waals surface area contributed by atoms with Crippen LogP contribution in [0.25, 0.3) is 0 Å². The van der Waals surface area contributed by atoms with E-state index in [-0.39, 0.29) is 12.5 Å². The number of halogens is 1. The van der Waals surface area contributed by atoms with Gasteiger partial charge in [0.1, 0.15) is 10.8 Å². The molecule has 2 rings (SSSR count). The number of carbonyl (C=O) groups excluding carboxylic acids is 2. The molecule has 0 bridgehead atoms. The molecule has 0 spiro atoms. The van der Waals surface area contributed by atoms with E-state index < -0.39 is 5.97 Å². The maximum atomic E-state index is 12.1. The second-order valence-electron chi connectivity index (χ2n) is 4.75. The number of benzene rings is 1. The van der Waals surface area contributed by atoms with Crippen molar-refractivity contribution in [2.24, 2.45) is 0 Å². The summed E-state index contributed by atoms with van der Waals surface area (Å²) < 4.78 is 11.0. The largest absolute Gasteiger partial charge is 0.483 e. The summed E-state index contributed by atoms with van der Waals surface area (Å²) in [7, 11) is 1.32. The fraction of sp³-hybridized carbons (Fsp3) is 0.250. The molecule has 122 valence electrons. The Morgan fingerprint density at radius 3 is 2.61 bits per heavy atom. The molecule has 1 N–H and O–H groups in total. The van der Waals surface area contributed by atoms with Crippen LogP contribution in [-0.4, -0.2) is 25.6 Å². The van der Waals surface area contributed by atoms with Crippen molar-refractivity contribution in [1.29, 1.82) is 0 Å². The number of methoxy groups -OCH3 is 1. The highest BCUT2D eigenvalue weighted by molar-refractivity contribution is 9.10. The average Bonchev–Trinajstić information content (AvgIpc) is 2.80. The third-order valence-corrected chi connectivity index (χ3v) is 5.00. The van der Waals surface area contributed by atoms with Gasteiger partial charge in [-0.1, -0.05) is 12.1 Å². The van der Waals surface area contributed by atoms with E-state index in [0.717, 1.165) is 14.9 Å². The Balaban J connectivity index is 2.08. The molecule has 1 heterocycles. The average molecular weight is 398 g/mol. The molecule has 0 aliphatic heterocycles. The summed E-state index contributed by atoms with van der Waals surface area (Å²) in [5, 5.41) is 3.19. The van der Waals surface area contributed by atoms with E-state index in [0.29, 0.717) is 16.3 Å². The van der Waals surface area contributed by atoms with E-state index in [9.17, 15) is 9.59 Å². The number of hydrogen-bond donors (Lipinski definition) is 1. The molecule has 0 atom stereocenters. The van der Waals surface area contributed by atoms with Crippen molar-refractivity contribution < 1.29 is 19.1 Å². The lowest BCUT2D eigenvalue weighted by molar-refractivity contribution is -0.118. The minimum atomic E-state index is -0.464. The van der Waals surface area contributed by atoms with Gasteiger partial charge in [-0.25, -0.2) is 4.79 Å². The first-order valence-electron chi connectivity index (χ1n) is 6.79. The zero-order chi connectivity index (χ0) is 17.0. The highest BCUT2D eigenvalue weighted by Gasteiger charge is 2.21. The number of thiophene rings is 1. The van der Waals surface area contributed by atoms with Crippen LogP contribution in [0.15, 0.2) is 28.7 Å². The van der Waals surface area contributed by atoms with Crippen molar-refractivity contribution in [3.05, 3.63) is 44.7 Å². The molecular formula is C16H16BrNO4S. The van der Waals surface area contributed by atoms with Crippen LogP contribution in [0.3, 0.4) is 0 Å². The van der Waals surface area contributed by atoms with Crippen molar-refractivity contribution in [1.82, 2.24) is 0 Å². The van der Waals surface area contributed by atoms with Gasteiger partial charge < -0.3 is 14.8 Å². The van der Waals surface area contributed by atoms with E-state index in [1.807, 2.05) is 32.0 Å². The topological polar surface area (TPSA) is 64.6 Å². The number of nitrogens with one attached hydrogen (secondary N) is 1. The Morgan fingerprint density at radius 1 is 1.26 bits per heavy atom. The number of carbonyl (C=O) groups is 2. The summed E-state index contributed by atoms with van der Waals surface area (Å²) in [6.45, 7) is 3.56. The van der Waals surface area contributed by atoms with Crippen LogP contribution in [0.2, 0.25) is 0 Å². The van der Waals surface area contributed by atoms with Crippen molar-refractivity contribution in [3.8, 4) is 5.75 Å². The summed E-state index contributed by atoms with van der Waals surface area (Å²) in [5.74, 6) is -0.226. The summed E-state index contributed by atoms with van der Waals surface area (Å²) in [4.78, 5) is 24.9. The van der Waals surface area contributed by atoms with Gasteiger partial charge in [0.25, 0.3) is 5.91 Å². The Morgan fingerprint density at radius 2 is 1.96 bits per heavy atom. The van der Waals surface area contributed by atoms with Crippen LogP contribution in [0, 0.1) is 13.8 Å². The number of para-hydroxylation sites is 1. The van der Waals surface area contributed by atoms with Crippen LogP contribution in [0.1, 0.15) is 20.8 Å². The van der Waals surface area contributed by atoms with E-state index in [4.69, 9.17) is 9.47 Å². The number of ether oxygens (including phenoxy) is 2. The molecule has 2 aromatic rings. The third-order valence-electron chi connectivity index (χ3n) is 3.22. The van der Waals surface area contributed by atoms with Gasteiger partial charge in [0.2, 0.25) is 0 Å². The first kappa shape index (κ1) is 17.5. The highest BCUT2D eigenvalue weighted by atomic mass is 79.9. The van der Waals surface area contributed by atoms with Crippen LogP contribution < -0.4 is 10.1 Å². The van der Waals surface area contributed by atoms with Gasteiger partial charge in [-0.05, 0) is 47.5 Å². The van der Waals surface area contributed by atoms with Crippen molar-refractivity contribution in [2.75, 3.05) is 19.0 Å². The van der Waals surface area contributed by atoms with Gasteiger partial charge in [-0.15, -0.1) is 11.3 Å². The molecular weight excluding hydrogens is 382 g/mol. The minimum Gasteiger partial charge on any atom is -0.483 e. The highest BCUT2D eigenvalue weighted by Crippen LogP contribution is 2.33. The van der Waals surface area contributed by atoms with Gasteiger partial charge in [-0.2, -0.15) is 0 Å². The smallest absolute Gasteiger partial charge is 0.341 e. The lowest BCUT2D eigenvalue weighted by Gasteiger charge is -2.09. The normalized spacial score (nSPS) is 10.3. The number of anilines is 1. The second kappa shape index (κ2) is 7.61. The Bertz CT molecular complexity index is 742. The number of hydrogen-bond acceptors (Lipinski definition) is 5. The quantitative estimate of drug-likeness (QED) is 0.776. The van der Waals surface area contributed by atoms with Crippen molar-refractivity contribution in [3.63, 3.8) is 0 Å². The minimum absolute atomic E-state index is 0.154. The molecule has 0 aliphatic carbocycles. The van der Waals surface area contributed by atoms with Gasteiger partial charge in [0, 0.05) is 4.88 Å². The fourth-order valence-electron chi connectivity index (χ4n) is 1.93. The number of rotatable bonds is 5. The predicted molar refractivity (Wildman–Crippen MR) is 93.4 cm³/mol. The number of aryl methyl sites for hydroxylation is 1. The Labute approximate surface area is 146 Å². The standard InChI is InChI=1S/C16H16BrNO4S/c1-9-10(2)23-15(14(9)16(20)21-3)18-13(19)8-22-12-7-5-4-6-11(12)17/h4-7H,8H2,1-3H3,(H,18,19). The van der Waals surface area contributed by atoms with Gasteiger partial charge in [0.15, 0.2) is 6.61 Å². The zero-order valence-electron chi connectivity index (χ0n) is 12.9. The van der Waals surface area contributed by atoms with Crippen LogP contribution in [-0.2, 0) is 9.53 Å². The van der Waals surface area contributed by atoms with Crippen LogP contribution >= 0.6 is 27.3 Å². The second-order valence-corrected chi connectivity index (χ2v) is 6.83. The maximum absolute atomic E-state index is 12.1. The lowest BCUT2D eigenvalue weighted by atomic mass is 10.1. The zero-order valence-corrected chi connectivity index (χ0v) is 15.3. The molecule has 23 heavy (non-hydrogen) atoms. The molecule has 0 aliphatic rings. The van der Waals surface area contributed by atoms with Crippen LogP contribution in [0.4, 0.5) is 5.00 Å². The molecule has 5 nitrogen and oxygen atoms in total. The first-order valence-corrected chi connectivity index (χ1v) is 8.40. The van der Waals surface area contributed by atoms with Gasteiger partial charge in [0.05, 0.1) is 17.1 Å². The molecule has 7 heteroatoms. The number of esters is 1. The number of amides is 1. The van der Waals surface area contributed by atoms with Gasteiger partial charge in [-0.3, -0.25) is 4.79 Å². The Hall–Kier alpha value is -1.86. The van der Waals surface area contributed by atoms with E-state index in [1.165, 1.54) is 18.4 Å². The molecule has 0 radical (unpaired) electrons. The molecule has 1 aromatic carbocycles. The van der Waals surface area contributed by atoms with Crippen molar-refractivity contribution >= 4 is 44.1 Å². The molecule has 0 fully saturated rings. The van der Waals surface area contributed by atoms with Crippen molar-refractivity contribution in [2.45, 2.75) is 13.8 Å². The third kappa shape index (κ3) is 4.11. The summed E-state index contributed by atoms with van der Waals surface area (Å²) in [6.07, 6.45) is 0. The first-order chi connectivity index (χ1) is 10.9. The SMILES string of the molecule is COC(=O)c1c(NC(=O)COc2ccccc2Br)sc(C)c1C. The summed E-state index contributed by atoms with van der Waals surface area (Å²) in [5.41, 5.74) is 1.20. The fourth-order valence-corrected chi connectivity index (χ4v) is 3.39. The van der Waals surface area contributed by atoms with E-state index in [1.54, 1.807) is 6.07 Å². The maximum Gasteiger partial charge on any atom is 0.341 e. The monoisotopic (exact) mass is 397 g/mol. The van der Waals surface area contributed by atoms with Gasteiger partial charge >= 0.3 is 5.97 Å². The molecule has 1 aromatic heterocycles. The predicted octanol–water partition coefficient (Wildman–Crippen LogP) is 3.93. The Kier molecular flexibility index (Phi) is 5.79. The molecule has 0 saturated carbocycles. The molecule has 1 amide bonds. The van der Waals surface area contributed by atoms with E-state index in [2.05, 4.69) is 21.2 Å². The lowest BCUT2D eigenvalue weighted by Crippen LogP contribution is -2.21. The summed E-state index contributed by atoms with van der Waals surface area (Å²) >= 11 is 4.69. The van der Waals surface area contributed by atoms with Crippen LogP contribution in [0.5, 0.6) is 5.75 Å². The molecule has 0 unspecified atom stereocenters. The molecule has 0 saturated heterocycles. The summed E-state index contributed by atoms with van der Waals surface area (Å²) in [6, 6.07) is 7.27. The van der Waals surface area contributed by atoms with E-state index >= 15 is 0 Å².